The van der Waals surface area contributed by atoms with Gasteiger partial charge in [-0.25, -0.2) is 12.8 Å². The van der Waals surface area contributed by atoms with Crippen LogP contribution in [0.3, 0.4) is 0 Å². The molecule has 1 aliphatic rings. The highest BCUT2D eigenvalue weighted by Gasteiger charge is 2.25. The largest absolute Gasteiger partial charge is 0.396 e. The zero-order valence-corrected chi connectivity index (χ0v) is 12.2. The molecule has 1 saturated heterocycles. The van der Waals surface area contributed by atoms with E-state index in [-0.39, 0.29) is 16.7 Å². The molecule has 2 rings (SSSR count). The molecule has 0 saturated carbocycles. The highest BCUT2D eigenvalue weighted by molar-refractivity contribution is 7.89. The first-order valence-electron chi connectivity index (χ1n) is 6.54. The number of hydrogen-bond donors (Lipinski definition) is 1. The van der Waals surface area contributed by atoms with Crippen LogP contribution in [0.4, 0.5) is 10.1 Å². The number of likely N-dealkylation sites (N-methyl/N-ethyl adjacent to an activating group) is 1. The van der Waals surface area contributed by atoms with E-state index in [1.165, 1.54) is 17.4 Å². The summed E-state index contributed by atoms with van der Waals surface area (Å²) < 4.78 is 44.6. The predicted octanol–water partition coefficient (Wildman–Crippen LogP) is 1.60. The van der Waals surface area contributed by atoms with Crippen molar-refractivity contribution in [3.05, 3.63) is 24.0 Å². The van der Waals surface area contributed by atoms with Gasteiger partial charge in [-0.2, -0.15) is 4.31 Å². The molecule has 0 radical (unpaired) electrons. The molecule has 1 fully saturated rings. The summed E-state index contributed by atoms with van der Waals surface area (Å²) in [6.07, 6.45) is 2.83. The molecule has 20 heavy (non-hydrogen) atoms. The van der Waals surface area contributed by atoms with Crippen molar-refractivity contribution in [2.24, 2.45) is 0 Å². The Labute approximate surface area is 118 Å². The molecular weight excluding hydrogens is 283 g/mol. The molecule has 2 N–H and O–H groups in total. The molecule has 0 spiro atoms. The van der Waals surface area contributed by atoms with Crippen LogP contribution in [0.15, 0.2) is 23.1 Å². The van der Waals surface area contributed by atoms with Crippen molar-refractivity contribution in [3.8, 4) is 0 Å². The molecule has 0 bridgehead atoms. The van der Waals surface area contributed by atoms with Crippen LogP contribution in [-0.4, -0.2) is 39.0 Å². The minimum atomic E-state index is -3.67. The molecule has 1 heterocycles. The number of ether oxygens (including phenoxy) is 1. The minimum Gasteiger partial charge on any atom is -0.396 e. The smallest absolute Gasteiger partial charge is 0.242 e. The Morgan fingerprint density at radius 2 is 2.20 bits per heavy atom. The van der Waals surface area contributed by atoms with Crippen LogP contribution in [0.2, 0.25) is 0 Å². The maximum absolute atomic E-state index is 13.1. The molecule has 1 atom stereocenters. The summed E-state index contributed by atoms with van der Waals surface area (Å²) in [4.78, 5) is -0.00490. The van der Waals surface area contributed by atoms with E-state index < -0.39 is 15.8 Å². The molecule has 1 aliphatic heterocycles. The second kappa shape index (κ2) is 6.07. The first-order chi connectivity index (χ1) is 9.41. The number of rotatable bonds is 4. The van der Waals surface area contributed by atoms with Gasteiger partial charge in [0.15, 0.2) is 0 Å². The monoisotopic (exact) mass is 302 g/mol. The average molecular weight is 302 g/mol. The molecule has 1 unspecified atom stereocenters. The lowest BCUT2D eigenvalue weighted by atomic mass is 10.1. The van der Waals surface area contributed by atoms with Gasteiger partial charge in [-0.3, -0.25) is 0 Å². The van der Waals surface area contributed by atoms with Crippen molar-refractivity contribution in [1.29, 1.82) is 0 Å². The van der Waals surface area contributed by atoms with Gasteiger partial charge in [-0.05, 0) is 37.5 Å². The van der Waals surface area contributed by atoms with E-state index in [0.29, 0.717) is 13.2 Å². The zero-order valence-electron chi connectivity index (χ0n) is 11.4. The van der Waals surface area contributed by atoms with Crippen LogP contribution < -0.4 is 5.73 Å². The van der Waals surface area contributed by atoms with Gasteiger partial charge in [0, 0.05) is 20.2 Å². The van der Waals surface area contributed by atoms with Crippen molar-refractivity contribution in [2.75, 3.05) is 25.9 Å². The normalized spacial score (nSPS) is 20.2. The summed E-state index contributed by atoms with van der Waals surface area (Å²) in [6.45, 7) is 0.960. The Balaban J connectivity index is 2.13. The van der Waals surface area contributed by atoms with Gasteiger partial charge >= 0.3 is 0 Å². The lowest BCUT2D eigenvalue weighted by Gasteiger charge is -2.27. The maximum Gasteiger partial charge on any atom is 0.242 e. The van der Waals surface area contributed by atoms with Gasteiger partial charge < -0.3 is 10.5 Å². The molecule has 0 aliphatic carbocycles. The topological polar surface area (TPSA) is 72.6 Å². The third kappa shape index (κ3) is 3.28. The van der Waals surface area contributed by atoms with E-state index in [1.54, 1.807) is 0 Å². The first kappa shape index (κ1) is 15.2. The van der Waals surface area contributed by atoms with E-state index >= 15 is 0 Å². The fraction of sp³-hybridized carbons (Fsp3) is 0.538. The Hall–Kier alpha value is -1.18. The van der Waals surface area contributed by atoms with Crippen LogP contribution in [0.1, 0.15) is 19.3 Å². The maximum atomic E-state index is 13.1. The van der Waals surface area contributed by atoms with Crippen molar-refractivity contribution in [3.63, 3.8) is 0 Å². The van der Waals surface area contributed by atoms with Gasteiger partial charge in [0.25, 0.3) is 0 Å². The zero-order chi connectivity index (χ0) is 14.8. The van der Waals surface area contributed by atoms with E-state index in [2.05, 4.69) is 0 Å². The second-order valence-electron chi connectivity index (χ2n) is 4.96. The number of halogens is 1. The van der Waals surface area contributed by atoms with E-state index in [1.807, 2.05) is 0 Å². The van der Waals surface area contributed by atoms with Gasteiger partial charge in [0.2, 0.25) is 10.0 Å². The molecule has 5 nitrogen and oxygen atoms in total. The van der Waals surface area contributed by atoms with Gasteiger partial charge in [0.05, 0.1) is 16.7 Å². The van der Waals surface area contributed by atoms with Crippen LogP contribution in [-0.2, 0) is 14.8 Å². The van der Waals surface area contributed by atoms with Crippen molar-refractivity contribution in [1.82, 2.24) is 4.31 Å². The Morgan fingerprint density at radius 3 is 2.80 bits per heavy atom. The van der Waals surface area contributed by atoms with Gasteiger partial charge in [0.1, 0.15) is 5.82 Å². The molecule has 112 valence electrons. The lowest BCUT2D eigenvalue weighted by molar-refractivity contribution is 0.00858. The fourth-order valence-corrected chi connectivity index (χ4v) is 3.44. The van der Waals surface area contributed by atoms with Crippen molar-refractivity contribution >= 4 is 15.7 Å². The number of nitrogens with zero attached hydrogens (tertiary/aromatic N) is 1. The van der Waals surface area contributed by atoms with Gasteiger partial charge in [-0.1, -0.05) is 0 Å². The number of nitrogen functional groups attached to an aromatic ring is 1. The van der Waals surface area contributed by atoms with Crippen molar-refractivity contribution < 1.29 is 17.5 Å². The first-order valence-corrected chi connectivity index (χ1v) is 7.98. The summed E-state index contributed by atoms with van der Waals surface area (Å²) in [5, 5.41) is 0. The number of hydrogen-bond acceptors (Lipinski definition) is 4. The highest BCUT2D eigenvalue weighted by Crippen LogP contribution is 2.21. The number of benzene rings is 1. The quantitative estimate of drug-likeness (QED) is 0.857. The Bertz CT molecular complexity index is 571. The highest BCUT2D eigenvalue weighted by atomic mass is 32.2. The lowest BCUT2D eigenvalue weighted by Crippen LogP contribution is -2.37. The Kier molecular flexibility index (Phi) is 4.62. The molecule has 0 aromatic heterocycles. The van der Waals surface area contributed by atoms with Crippen molar-refractivity contribution in [2.45, 2.75) is 30.3 Å². The van der Waals surface area contributed by atoms with Crippen LogP contribution >= 0.6 is 0 Å². The van der Waals surface area contributed by atoms with E-state index in [4.69, 9.17) is 10.5 Å². The summed E-state index contributed by atoms with van der Waals surface area (Å²) in [6, 6.07) is 3.43. The molecule has 0 amide bonds. The van der Waals surface area contributed by atoms with Crippen LogP contribution in [0.25, 0.3) is 0 Å². The molecule has 1 aromatic carbocycles. The predicted molar refractivity (Wildman–Crippen MR) is 74.2 cm³/mol. The second-order valence-corrected chi connectivity index (χ2v) is 7.00. The third-order valence-corrected chi connectivity index (χ3v) is 5.23. The molecular formula is C13H19FN2O3S. The number of anilines is 1. The fourth-order valence-electron chi connectivity index (χ4n) is 2.20. The van der Waals surface area contributed by atoms with E-state index in [0.717, 1.165) is 31.4 Å². The number of sulfonamides is 1. The SMILES string of the molecule is CN(CC1CCCCO1)S(=O)(=O)c1ccc(F)c(N)c1. The summed E-state index contributed by atoms with van der Waals surface area (Å²) in [5.41, 5.74) is 5.25. The third-order valence-electron chi connectivity index (χ3n) is 3.41. The molecule has 7 heteroatoms. The van der Waals surface area contributed by atoms with Crippen LogP contribution in [0.5, 0.6) is 0 Å². The summed E-state index contributed by atoms with van der Waals surface area (Å²) in [7, 11) is -2.18. The average Bonchev–Trinajstić information content (AvgIpc) is 2.42. The summed E-state index contributed by atoms with van der Waals surface area (Å²) in [5.74, 6) is -0.623. The van der Waals surface area contributed by atoms with Crippen LogP contribution in [0, 0.1) is 5.82 Å². The Morgan fingerprint density at radius 1 is 1.45 bits per heavy atom. The van der Waals surface area contributed by atoms with E-state index in [9.17, 15) is 12.8 Å². The van der Waals surface area contributed by atoms with Gasteiger partial charge in [-0.15, -0.1) is 0 Å². The number of nitrogens with two attached hydrogens (primary N) is 1. The minimum absolute atomic E-state index is 0.00490. The summed E-state index contributed by atoms with van der Waals surface area (Å²) >= 11 is 0. The molecule has 1 aromatic rings. The standard InChI is InChI=1S/C13H19FN2O3S/c1-16(9-10-4-2-3-7-19-10)20(17,18)11-5-6-12(14)13(15)8-11/h5-6,8,10H,2-4,7,9,15H2,1H3.